The fourth-order valence-corrected chi connectivity index (χ4v) is 2.53. The predicted molar refractivity (Wildman–Crippen MR) is 78.3 cm³/mol. The Morgan fingerprint density at radius 1 is 1.33 bits per heavy atom. The number of aryl methyl sites for hydroxylation is 1. The molecule has 0 aromatic heterocycles. The quantitative estimate of drug-likeness (QED) is 0.898. The van der Waals surface area contributed by atoms with Crippen LogP contribution in [0.2, 0.25) is 0 Å². The summed E-state index contributed by atoms with van der Waals surface area (Å²) in [7, 11) is 0. The number of ether oxygens (including phenoxy) is 1. The summed E-state index contributed by atoms with van der Waals surface area (Å²) in [4.78, 5) is 23.5. The van der Waals surface area contributed by atoms with Gasteiger partial charge in [-0.15, -0.1) is 0 Å². The molecule has 1 aromatic rings. The van der Waals surface area contributed by atoms with Gasteiger partial charge in [0.1, 0.15) is 11.1 Å². The Hall–Kier alpha value is -2.04. The van der Waals surface area contributed by atoms with Crippen LogP contribution in [0, 0.1) is 6.92 Å². The lowest BCUT2D eigenvalue weighted by Gasteiger charge is -2.22. The number of carbonyl (C=O) groups is 2. The number of rotatable bonds is 3. The van der Waals surface area contributed by atoms with E-state index in [9.17, 15) is 14.7 Å². The van der Waals surface area contributed by atoms with Gasteiger partial charge in [-0.1, -0.05) is 24.3 Å². The topological polar surface area (TPSA) is 75.6 Å². The molecule has 21 heavy (non-hydrogen) atoms. The first-order chi connectivity index (χ1) is 9.66. The molecule has 1 aliphatic carbocycles. The number of nitrogens with one attached hydrogen (secondary N) is 1. The lowest BCUT2D eigenvalue weighted by Crippen LogP contribution is -2.46. The maximum atomic E-state index is 11.9. The Labute approximate surface area is 124 Å². The molecule has 1 amide bonds. The van der Waals surface area contributed by atoms with E-state index in [4.69, 9.17) is 4.74 Å². The smallest absolute Gasteiger partial charge is 0.408 e. The molecule has 1 saturated carbocycles. The summed E-state index contributed by atoms with van der Waals surface area (Å²) < 4.78 is 5.16. The number of amides is 1. The van der Waals surface area contributed by atoms with Crippen LogP contribution in [0.25, 0.3) is 0 Å². The van der Waals surface area contributed by atoms with E-state index in [-0.39, 0.29) is 5.92 Å². The zero-order chi connectivity index (χ0) is 15.8. The fourth-order valence-electron chi connectivity index (χ4n) is 2.53. The van der Waals surface area contributed by atoms with Crippen LogP contribution >= 0.6 is 0 Å². The van der Waals surface area contributed by atoms with E-state index in [1.807, 2.05) is 31.2 Å². The van der Waals surface area contributed by atoms with Gasteiger partial charge in [0.05, 0.1) is 0 Å². The first-order valence-corrected chi connectivity index (χ1v) is 6.96. The normalized spacial score (nSPS) is 24.3. The molecular formula is C16H21NO4. The summed E-state index contributed by atoms with van der Waals surface area (Å²) in [5, 5.41) is 12.0. The summed E-state index contributed by atoms with van der Waals surface area (Å²) in [5.74, 6) is -1.25. The third-order valence-corrected chi connectivity index (χ3v) is 3.63. The number of alkyl carbamates (subject to hydrolysis) is 1. The number of aliphatic carboxylic acids is 1. The Morgan fingerprint density at radius 2 is 1.95 bits per heavy atom. The maximum Gasteiger partial charge on any atom is 0.408 e. The molecule has 2 unspecified atom stereocenters. The standard InChI is InChI=1S/C16H21NO4/c1-10-7-5-6-8-11(10)12-9-16(12,13(18)19)17-14(20)21-15(2,3)4/h5-8,12H,9H2,1-4H3,(H,17,20)(H,18,19). The van der Waals surface area contributed by atoms with E-state index in [2.05, 4.69) is 5.32 Å². The number of carbonyl (C=O) groups excluding carboxylic acids is 1. The molecule has 0 spiro atoms. The highest BCUT2D eigenvalue weighted by molar-refractivity contribution is 5.90. The third kappa shape index (κ3) is 3.17. The van der Waals surface area contributed by atoms with Gasteiger partial charge in [0.25, 0.3) is 0 Å². The minimum atomic E-state index is -1.26. The van der Waals surface area contributed by atoms with Gasteiger partial charge >= 0.3 is 12.1 Å². The fraction of sp³-hybridized carbons (Fsp3) is 0.500. The number of hydrogen-bond acceptors (Lipinski definition) is 3. The van der Waals surface area contributed by atoms with Crippen LogP contribution in [-0.2, 0) is 9.53 Å². The first-order valence-electron chi connectivity index (χ1n) is 6.96. The summed E-state index contributed by atoms with van der Waals surface area (Å²) in [6.45, 7) is 7.16. The molecule has 2 rings (SSSR count). The molecule has 5 nitrogen and oxygen atoms in total. The summed E-state index contributed by atoms with van der Waals surface area (Å²) in [6.07, 6.45) is -0.312. The molecule has 0 heterocycles. The van der Waals surface area contributed by atoms with Crippen LogP contribution in [0.5, 0.6) is 0 Å². The van der Waals surface area contributed by atoms with Gasteiger partial charge < -0.3 is 15.2 Å². The lowest BCUT2D eigenvalue weighted by molar-refractivity contribution is -0.140. The van der Waals surface area contributed by atoms with Gasteiger partial charge in [0, 0.05) is 5.92 Å². The zero-order valence-corrected chi connectivity index (χ0v) is 12.8. The molecule has 5 heteroatoms. The molecule has 2 atom stereocenters. The van der Waals surface area contributed by atoms with Crippen LogP contribution in [0.15, 0.2) is 24.3 Å². The number of benzene rings is 1. The maximum absolute atomic E-state index is 11.9. The van der Waals surface area contributed by atoms with Crippen molar-refractivity contribution in [3.05, 3.63) is 35.4 Å². The third-order valence-electron chi connectivity index (χ3n) is 3.63. The molecule has 1 aromatic carbocycles. The van der Waals surface area contributed by atoms with E-state index < -0.39 is 23.2 Å². The molecule has 114 valence electrons. The molecule has 0 saturated heterocycles. The monoisotopic (exact) mass is 291 g/mol. The largest absolute Gasteiger partial charge is 0.479 e. The molecule has 0 radical (unpaired) electrons. The van der Waals surface area contributed by atoms with Gasteiger partial charge in [-0.3, -0.25) is 0 Å². The molecule has 0 bridgehead atoms. The molecule has 1 aliphatic rings. The minimum Gasteiger partial charge on any atom is -0.479 e. The second-order valence-electron chi connectivity index (χ2n) is 6.52. The van der Waals surface area contributed by atoms with Gasteiger partial charge in [-0.05, 0) is 45.2 Å². The highest BCUT2D eigenvalue weighted by atomic mass is 16.6. The minimum absolute atomic E-state index is 0.219. The highest BCUT2D eigenvalue weighted by Crippen LogP contribution is 2.52. The number of hydrogen-bond donors (Lipinski definition) is 2. The second-order valence-corrected chi connectivity index (χ2v) is 6.52. The average Bonchev–Trinajstić information content (AvgIpc) is 3.02. The van der Waals surface area contributed by atoms with Crippen molar-refractivity contribution in [3.63, 3.8) is 0 Å². The lowest BCUT2D eigenvalue weighted by atomic mass is 10.0. The Kier molecular flexibility index (Phi) is 3.70. The van der Waals surface area contributed by atoms with Crippen molar-refractivity contribution in [1.82, 2.24) is 5.32 Å². The van der Waals surface area contributed by atoms with Gasteiger partial charge in [-0.2, -0.15) is 0 Å². The number of carboxylic acid groups (broad SMARTS) is 1. The van der Waals surface area contributed by atoms with Crippen molar-refractivity contribution in [1.29, 1.82) is 0 Å². The van der Waals surface area contributed by atoms with Crippen molar-refractivity contribution in [2.75, 3.05) is 0 Å². The Balaban J connectivity index is 2.17. The van der Waals surface area contributed by atoms with Gasteiger partial charge in [-0.25, -0.2) is 9.59 Å². The number of carboxylic acids is 1. The Bertz CT molecular complexity index is 576. The highest BCUT2D eigenvalue weighted by Gasteiger charge is 2.63. The van der Waals surface area contributed by atoms with Gasteiger partial charge in [0.2, 0.25) is 0 Å². The molecular weight excluding hydrogens is 270 g/mol. The van der Waals surface area contributed by atoms with Crippen LogP contribution in [0.3, 0.4) is 0 Å². The van der Waals surface area contributed by atoms with E-state index in [1.54, 1.807) is 20.8 Å². The van der Waals surface area contributed by atoms with Crippen molar-refractivity contribution >= 4 is 12.1 Å². The second kappa shape index (κ2) is 5.06. The predicted octanol–water partition coefficient (Wildman–Crippen LogP) is 2.83. The summed E-state index contributed by atoms with van der Waals surface area (Å²) in [5.41, 5.74) is 0.0678. The van der Waals surface area contributed by atoms with Crippen molar-refractivity contribution in [2.24, 2.45) is 0 Å². The van der Waals surface area contributed by atoms with Crippen LogP contribution < -0.4 is 5.32 Å². The Morgan fingerprint density at radius 3 is 2.48 bits per heavy atom. The average molecular weight is 291 g/mol. The van der Waals surface area contributed by atoms with E-state index in [0.717, 1.165) is 11.1 Å². The summed E-state index contributed by atoms with van der Waals surface area (Å²) >= 11 is 0. The van der Waals surface area contributed by atoms with Crippen LogP contribution in [0.1, 0.15) is 44.2 Å². The SMILES string of the molecule is Cc1ccccc1C1CC1(NC(=O)OC(C)(C)C)C(=O)O. The van der Waals surface area contributed by atoms with Crippen LogP contribution in [-0.4, -0.2) is 28.3 Å². The van der Waals surface area contributed by atoms with Crippen molar-refractivity contribution < 1.29 is 19.4 Å². The van der Waals surface area contributed by atoms with Crippen molar-refractivity contribution in [3.8, 4) is 0 Å². The van der Waals surface area contributed by atoms with E-state index >= 15 is 0 Å². The van der Waals surface area contributed by atoms with Crippen LogP contribution in [0.4, 0.5) is 4.79 Å². The van der Waals surface area contributed by atoms with Crippen molar-refractivity contribution in [2.45, 2.75) is 51.2 Å². The molecule has 1 fully saturated rings. The zero-order valence-electron chi connectivity index (χ0n) is 12.8. The first kappa shape index (κ1) is 15.4. The van der Waals surface area contributed by atoms with Gasteiger partial charge in [0.15, 0.2) is 0 Å². The summed E-state index contributed by atoms with van der Waals surface area (Å²) in [6, 6.07) is 7.63. The van der Waals surface area contributed by atoms with E-state index in [0.29, 0.717) is 6.42 Å². The molecule has 2 N–H and O–H groups in total. The molecule has 0 aliphatic heterocycles. The van der Waals surface area contributed by atoms with E-state index in [1.165, 1.54) is 0 Å².